The molecule has 4 nitrogen and oxygen atoms in total. The molecule has 0 amide bonds. The van der Waals surface area contributed by atoms with Crippen LogP contribution >= 0.6 is 0 Å². The first-order valence-corrected chi connectivity index (χ1v) is 5.74. The second kappa shape index (κ2) is 4.99. The number of rotatable bonds is 3. The van der Waals surface area contributed by atoms with E-state index in [1.165, 1.54) is 18.2 Å². The van der Waals surface area contributed by atoms with Crippen LogP contribution in [0, 0.1) is 0 Å². The van der Waals surface area contributed by atoms with Crippen LogP contribution in [-0.4, -0.2) is 16.2 Å². The van der Waals surface area contributed by atoms with Crippen molar-refractivity contribution < 1.29 is 27.6 Å². The highest BCUT2D eigenvalue weighted by Gasteiger charge is 2.35. The molecule has 0 unspecified atom stereocenters. The molecular weight excluding hydrogens is 275 g/mol. The molecule has 7 heteroatoms. The maximum absolute atomic E-state index is 13.0. The molecule has 0 fully saturated rings. The topological polar surface area (TPSA) is 63.3 Å². The van der Waals surface area contributed by atoms with Crippen LogP contribution in [0.3, 0.4) is 0 Å². The van der Waals surface area contributed by atoms with Crippen molar-refractivity contribution in [3.05, 3.63) is 41.1 Å². The van der Waals surface area contributed by atoms with Crippen molar-refractivity contribution in [2.24, 2.45) is 0 Å². The van der Waals surface area contributed by atoms with E-state index in [9.17, 15) is 18.0 Å². The zero-order chi connectivity index (χ0) is 14.9. The van der Waals surface area contributed by atoms with Crippen LogP contribution in [0.4, 0.5) is 13.2 Å². The highest BCUT2D eigenvalue weighted by Crippen LogP contribution is 2.38. The second-order valence-electron chi connectivity index (χ2n) is 4.04. The smallest absolute Gasteiger partial charge is 0.417 e. The maximum atomic E-state index is 13.0. The minimum atomic E-state index is -4.56. The Morgan fingerprint density at radius 3 is 2.55 bits per heavy atom. The minimum Gasteiger partial charge on any atom is -0.476 e. The monoisotopic (exact) mass is 285 g/mol. The van der Waals surface area contributed by atoms with E-state index >= 15 is 0 Å². The number of carboxylic acid groups (broad SMARTS) is 1. The van der Waals surface area contributed by atoms with Gasteiger partial charge in [-0.1, -0.05) is 30.3 Å². The number of carboxylic acids is 1. The van der Waals surface area contributed by atoms with Gasteiger partial charge in [-0.3, -0.25) is 0 Å². The van der Waals surface area contributed by atoms with Gasteiger partial charge in [0.25, 0.3) is 0 Å². The van der Waals surface area contributed by atoms with Gasteiger partial charge in [-0.05, 0) is 12.5 Å². The number of hydrogen-bond acceptors (Lipinski definition) is 3. The largest absolute Gasteiger partial charge is 0.476 e. The fraction of sp³-hybridized carbons (Fsp3) is 0.231. The van der Waals surface area contributed by atoms with E-state index in [-0.39, 0.29) is 29.0 Å². The van der Waals surface area contributed by atoms with Gasteiger partial charge in [-0.15, -0.1) is 0 Å². The first kappa shape index (κ1) is 14.1. The molecule has 106 valence electrons. The lowest BCUT2D eigenvalue weighted by Crippen LogP contribution is -2.07. The summed E-state index contributed by atoms with van der Waals surface area (Å²) in [6, 6.07) is 4.82. The van der Waals surface area contributed by atoms with Crippen LogP contribution in [0.2, 0.25) is 0 Å². The molecule has 0 bridgehead atoms. The van der Waals surface area contributed by atoms with Gasteiger partial charge in [0.2, 0.25) is 0 Å². The second-order valence-corrected chi connectivity index (χ2v) is 4.04. The summed E-state index contributed by atoms with van der Waals surface area (Å²) in [7, 11) is 0. The highest BCUT2D eigenvalue weighted by atomic mass is 19.4. The summed E-state index contributed by atoms with van der Waals surface area (Å²) in [6.07, 6.45) is -4.36. The number of hydrogen-bond donors (Lipinski definition) is 1. The van der Waals surface area contributed by atoms with Gasteiger partial charge < -0.3 is 9.63 Å². The van der Waals surface area contributed by atoms with E-state index in [0.717, 1.165) is 6.07 Å². The van der Waals surface area contributed by atoms with E-state index in [1.54, 1.807) is 6.92 Å². The first-order chi connectivity index (χ1) is 9.36. The fourth-order valence-corrected chi connectivity index (χ4v) is 1.95. The standard InChI is InChI=1S/C13H10F3NO3/c1-2-7-10(12(18)19)17-20-11(7)8-5-3-4-6-9(8)13(14,15)16/h3-6H,2H2,1H3,(H,18,19). The number of alkyl halides is 3. The van der Waals surface area contributed by atoms with Crippen LogP contribution in [-0.2, 0) is 12.6 Å². The third-order valence-corrected chi connectivity index (χ3v) is 2.82. The van der Waals surface area contributed by atoms with Gasteiger partial charge >= 0.3 is 12.1 Å². The van der Waals surface area contributed by atoms with Crippen molar-refractivity contribution in [2.45, 2.75) is 19.5 Å². The van der Waals surface area contributed by atoms with Crippen molar-refractivity contribution >= 4 is 5.97 Å². The highest BCUT2D eigenvalue weighted by molar-refractivity contribution is 5.89. The third kappa shape index (κ3) is 2.38. The van der Waals surface area contributed by atoms with E-state index in [4.69, 9.17) is 9.63 Å². The van der Waals surface area contributed by atoms with Gasteiger partial charge in [0.1, 0.15) is 0 Å². The summed E-state index contributed by atoms with van der Waals surface area (Å²) in [6.45, 7) is 1.62. The van der Waals surface area contributed by atoms with Crippen LogP contribution in [0.15, 0.2) is 28.8 Å². The van der Waals surface area contributed by atoms with Crippen molar-refractivity contribution in [1.82, 2.24) is 5.16 Å². The lowest BCUT2D eigenvalue weighted by atomic mass is 9.99. The van der Waals surface area contributed by atoms with Crippen molar-refractivity contribution in [2.75, 3.05) is 0 Å². The maximum Gasteiger partial charge on any atom is 0.417 e. The van der Waals surface area contributed by atoms with Gasteiger partial charge in [-0.2, -0.15) is 13.2 Å². The number of aromatic carboxylic acids is 1. The summed E-state index contributed by atoms with van der Waals surface area (Å²) < 4.78 is 43.7. The van der Waals surface area contributed by atoms with Gasteiger partial charge in [0, 0.05) is 11.1 Å². The quantitative estimate of drug-likeness (QED) is 0.935. The molecule has 20 heavy (non-hydrogen) atoms. The Bertz CT molecular complexity index is 647. The van der Waals surface area contributed by atoms with Crippen molar-refractivity contribution in [3.8, 4) is 11.3 Å². The molecule has 0 spiro atoms. The van der Waals surface area contributed by atoms with Crippen molar-refractivity contribution in [3.63, 3.8) is 0 Å². The summed E-state index contributed by atoms with van der Waals surface area (Å²) in [5.41, 5.74) is -1.31. The van der Waals surface area contributed by atoms with E-state index < -0.39 is 17.7 Å². The fourth-order valence-electron chi connectivity index (χ4n) is 1.95. The zero-order valence-electron chi connectivity index (χ0n) is 10.4. The normalized spacial score (nSPS) is 11.6. The molecule has 0 radical (unpaired) electrons. The number of halogens is 3. The molecule has 1 aromatic carbocycles. The Hall–Kier alpha value is -2.31. The number of carbonyl (C=O) groups is 1. The Morgan fingerprint density at radius 2 is 2.00 bits per heavy atom. The zero-order valence-corrected chi connectivity index (χ0v) is 10.4. The number of nitrogens with zero attached hydrogens (tertiary/aromatic N) is 1. The third-order valence-electron chi connectivity index (χ3n) is 2.82. The van der Waals surface area contributed by atoms with Crippen LogP contribution in [0.25, 0.3) is 11.3 Å². The Labute approximate surface area is 111 Å². The Balaban J connectivity index is 2.67. The molecule has 0 atom stereocenters. The molecule has 1 aromatic heterocycles. The predicted molar refractivity (Wildman–Crippen MR) is 63.3 cm³/mol. The first-order valence-electron chi connectivity index (χ1n) is 5.74. The molecule has 1 heterocycles. The lowest BCUT2D eigenvalue weighted by Gasteiger charge is -2.11. The Kier molecular flexibility index (Phi) is 3.52. The molecular formula is C13H10F3NO3. The molecule has 0 aliphatic heterocycles. The van der Waals surface area contributed by atoms with Gasteiger partial charge in [0.05, 0.1) is 5.56 Å². The van der Waals surface area contributed by atoms with E-state index in [1.807, 2.05) is 0 Å². The summed E-state index contributed by atoms with van der Waals surface area (Å²) >= 11 is 0. The summed E-state index contributed by atoms with van der Waals surface area (Å²) in [5, 5.41) is 12.3. The molecule has 1 N–H and O–H groups in total. The van der Waals surface area contributed by atoms with Crippen LogP contribution in [0.5, 0.6) is 0 Å². The molecule has 0 aliphatic carbocycles. The SMILES string of the molecule is CCc1c(C(=O)O)noc1-c1ccccc1C(F)(F)F. The van der Waals surface area contributed by atoms with E-state index in [0.29, 0.717) is 0 Å². The molecule has 0 saturated heterocycles. The molecule has 2 aromatic rings. The average Bonchev–Trinajstić information content (AvgIpc) is 2.81. The molecule has 2 rings (SSSR count). The minimum absolute atomic E-state index is 0.147. The molecule has 0 saturated carbocycles. The summed E-state index contributed by atoms with van der Waals surface area (Å²) in [4.78, 5) is 11.0. The van der Waals surface area contributed by atoms with Gasteiger partial charge in [0.15, 0.2) is 11.5 Å². The number of aromatic nitrogens is 1. The van der Waals surface area contributed by atoms with Gasteiger partial charge in [-0.25, -0.2) is 4.79 Å². The lowest BCUT2D eigenvalue weighted by molar-refractivity contribution is -0.137. The number of benzene rings is 1. The van der Waals surface area contributed by atoms with Crippen molar-refractivity contribution in [1.29, 1.82) is 0 Å². The molecule has 0 aliphatic rings. The van der Waals surface area contributed by atoms with Crippen LogP contribution in [0.1, 0.15) is 28.5 Å². The van der Waals surface area contributed by atoms with Crippen LogP contribution < -0.4 is 0 Å². The van der Waals surface area contributed by atoms with E-state index in [2.05, 4.69) is 5.16 Å². The average molecular weight is 285 g/mol. The Morgan fingerprint density at radius 1 is 1.35 bits per heavy atom. The predicted octanol–water partition coefficient (Wildman–Crippen LogP) is 3.62. The summed E-state index contributed by atoms with van der Waals surface area (Å²) in [5.74, 6) is -1.49.